The average Bonchev–Trinajstić information content (AvgIpc) is 2.48. The lowest BCUT2D eigenvalue weighted by Gasteiger charge is -2.17. The highest BCUT2D eigenvalue weighted by Gasteiger charge is 2.10. The topological polar surface area (TPSA) is 43.4 Å². The summed E-state index contributed by atoms with van der Waals surface area (Å²) in [6.07, 6.45) is 1.85. The highest BCUT2D eigenvalue weighted by atomic mass is 16.5. The molecular weight excluding hydrogens is 252 g/mol. The third kappa shape index (κ3) is 3.20. The van der Waals surface area contributed by atoms with Gasteiger partial charge in [-0.15, -0.1) is 0 Å². The number of nitrogens with zero attached hydrogens (tertiary/aromatic N) is 1. The zero-order chi connectivity index (χ0) is 14.5. The normalized spacial score (nSPS) is 11.8. The molecule has 1 atom stereocenters. The minimum atomic E-state index is 0.130. The van der Waals surface area contributed by atoms with E-state index in [4.69, 9.17) is 9.47 Å². The van der Waals surface area contributed by atoms with Crippen LogP contribution in [0, 0.1) is 6.92 Å². The van der Waals surface area contributed by atoms with Gasteiger partial charge in [0.2, 0.25) is 0 Å². The van der Waals surface area contributed by atoms with Crippen LogP contribution in [0.3, 0.4) is 0 Å². The lowest BCUT2D eigenvalue weighted by Crippen LogP contribution is -2.08. The predicted octanol–water partition coefficient (Wildman–Crippen LogP) is 3.58. The molecule has 1 aromatic carbocycles. The number of rotatable bonds is 5. The highest BCUT2D eigenvalue weighted by Crippen LogP contribution is 2.30. The summed E-state index contributed by atoms with van der Waals surface area (Å²) in [6.45, 7) is 4.11. The van der Waals surface area contributed by atoms with E-state index < -0.39 is 0 Å². The SMILES string of the molecule is COc1ccc(C(C)Nc2ccc(C)cn2)cc1OC. The quantitative estimate of drug-likeness (QED) is 0.903. The maximum absolute atomic E-state index is 5.32. The monoisotopic (exact) mass is 272 g/mol. The third-order valence-corrected chi connectivity index (χ3v) is 3.18. The first-order chi connectivity index (χ1) is 9.63. The van der Waals surface area contributed by atoms with E-state index in [0.29, 0.717) is 0 Å². The van der Waals surface area contributed by atoms with Crippen molar-refractivity contribution in [2.24, 2.45) is 0 Å². The number of ether oxygens (including phenoxy) is 2. The standard InChI is InChI=1S/C16H20N2O2/c1-11-5-8-16(17-10-11)18-12(2)13-6-7-14(19-3)15(9-13)20-4/h5-10,12H,1-4H3,(H,17,18). The fourth-order valence-corrected chi connectivity index (χ4v) is 1.98. The molecule has 0 fully saturated rings. The smallest absolute Gasteiger partial charge is 0.161 e. The Hall–Kier alpha value is -2.23. The number of methoxy groups -OCH3 is 2. The van der Waals surface area contributed by atoms with Crippen LogP contribution in [-0.4, -0.2) is 19.2 Å². The number of hydrogen-bond donors (Lipinski definition) is 1. The Morgan fingerprint density at radius 1 is 1.05 bits per heavy atom. The third-order valence-electron chi connectivity index (χ3n) is 3.18. The van der Waals surface area contributed by atoms with Crippen LogP contribution in [0.2, 0.25) is 0 Å². The molecule has 2 aromatic rings. The van der Waals surface area contributed by atoms with Crippen molar-refractivity contribution in [2.45, 2.75) is 19.9 Å². The summed E-state index contributed by atoms with van der Waals surface area (Å²) in [5.74, 6) is 2.32. The molecule has 0 radical (unpaired) electrons. The van der Waals surface area contributed by atoms with Crippen molar-refractivity contribution in [3.05, 3.63) is 47.7 Å². The summed E-state index contributed by atoms with van der Waals surface area (Å²) in [7, 11) is 3.27. The molecule has 0 aliphatic heterocycles. The van der Waals surface area contributed by atoms with Gasteiger partial charge in [-0.05, 0) is 43.2 Å². The molecule has 2 rings (SSSR count). The van der Waals surface area contributed by atoms with E-state index in [-0.39, 0.29) is 6.04 Å². The Balaban J connectivity index is 2.16. The summed E-state index contributed by atoms with van der Waals surface area (Å²) in [5.41, 5.74) is 2.26. The van der Waals surface area contributed by atoms with Crippen molar-refractivity contribution in [3.63, 3.8) is 0 Å². The van der Waals surface area contributed by atoms with Gasteiger partial charge in [0.25, 0.3) is 0 Å². The molecule has 0 aliphatic carbocycles. The van der Waals surface area contributed by atoms with Gasteiger partial charge in [-0.25, -0.2) is 4.98 Å². The molecule has 0 saturated carbocycles. The number of benzene rings is 1. The van der Waals surface area contributed by atoms with Gasteiger partial charge in [-0.1, -0.05) is 12.1 Å². The Labute approximate surface area is 119 Å². The van der Waals surface area contributed by atoms with Crippen LogP contribution in [0.4, 0.5) is 5.82 Å². The van der Waals surface area contributed by atoms with Gasteiger partial charge in [-0.2, -0.15) is 0 Å². The average molecular weight is 272 g/mol. The second kappa shape index (κ2) is 6.28. The molecule has 1 heterocycles. The van der Waals surface area contributed by atoms with Crippen molar-refractivity contribution < 1.29 is 9.47 Å². The van der Waals surface area contributed by atoms with Crippen molar-refractivity contribution in [1.82, 2.24) is 4.98 Å². The van der Waals surface area contributed by atoms with Gasteiger partial charge in [0.1, 0.15) is 5.82 Å². The van der Waals surface area contributed by atoms with Crippen molar-refractivity contribution in [3.8, 4) is 11.5 Å². The zero-order valence-electron chi connectivity index (χ0n) is 12.3. The molecular formula is C16H20N2O2. The zero-order valence-corrected chi connectivity index (χ0v) is 12.3. The maximum Gasteiger partial charge on any atom is 0.161 e. The Kier molecular flexibility index (Phi) is 4.45. The van der Waals surface area contributed by atoms with Gasteiger partial charge < -0.3 is 14.8 Å². The summed E-state index contributed by atoms with van der Waals surface area (Å²) in [5, 5.41) is 3.37. The molecule has 1 unspecified atom stereocenters. The largest absolute Gasteiger partial charge is 0.493 e. The Bertz CT molecular complexity index is 567. The molecule has 1 aromatic heterocycles. The van der Waals surface area contributed by atoms with Gasteiger partial charge in [0.15, 0.2) is 11.5 Å². The molecule has 0 bridgehead atoms. The lowest BCUT2D eigenvalue weighted by atomic mass is 10.1. The number of aromatic nitrogens is 1. The van der Waals surface area contributed by atoms with Crippen LogP contribution in [0.15, 0.2) is 36.5 Å². The van der Waals surface area contributed by atoms with Crippen molar-refractivity contribution >= 4 is 5.82 Å². The van der Waals surface area contributed by atoms with Crippen LogP contribution >= 0.6 is 0 Å². The van der Waals surface area contributed by atoms with Gasteiger partial charge >= 0.3 is 0 Å². The van der Waals surface area contributed by atoms with Crippen LogP contribution in [0.25, 0.3) is 0 Å². The summed E-state index contributed by atoms with van der Waals surface area (Å²) < 4.78 is 10.6. The molecule has 0 spiro atoms. The number of aryl methyl sites for hydroxylation is 1. The number of nitrogens with one attached hydrogen (secondary N) is 1. The van der Waals surface area contributed by atoms with Gasteiger partial charge in [-0.3, -0.25) is 0 Å². The molecule has 4 nitrogen and oxygen atoms in total. The van der Waals surface area contributed by atoms with Crippen molar-refractivity contribution in [1.29, 1.82) is 0 Å². The molecule has 0 aliphatic rings. The second-order valence-electron chi connectivity index (χ2n) is 4.70. The molecule has 106 valence electrons. The van der Waals surface area contributed by atoms with Gasteiger partial charge in [0.05, 0.1) is 20.3 Å². The van der Waals surface area contributed by atoms with E-state index >= 15 is 0 Å². The summed E-state index contributed by atoms with van der Waals surface area (Å²) in [4.78, 5) is 4.35. The molecule has 0 saturated heterocycles. The van der Waals surface area contributed by atoms with E-state index in [1.165, 1.54) is 0 Å². The van der Waals surface area contributed by atoms with E-state index in [2.05, 4.69) is 17.2 Å². The number of anilines is 1. The molecule has 20 heavy (non-hydrogen) atoms. The van der Waals surface area contributed by atoms with E-state index in [0.717, 1.165) is 28.4 Å². The van der Waals surface area contributed by atoms with E-state index in [1.54, 1.807) is 14.2 Å². The van der Waals surface area contributed by atoms with Crippen LogP contribution in [0.1, 0.15) is 24.1 Å². The fraction of sp³-hybridized carbons (Fsp3) is 0.312. The number of pyridine rings is 1. The van der Waals surface area contributed by atoms with Crippen molar-refractivity contribution in [2.75, 3.05) is 19.5 Å². The van der Waals surface area contributed by atoms with Crippen LogP contribution in [0.5, 0.6) is 11.5 Å². The first kappa shape index (κ1) is 14.2. The molecule has 0 amide bonds. The fourth-order valence-electron chi connectivity index (χ4n) is 1.98. The Morgan fingerprint density at radius 3 is 2.40 bits per heavy atom. The van der Waals surface area contributed by atoms with E-state index in [9.17, 15) is 0 Å². The molecule has 4 heteroatoms. The summed E-state index contributed by atoms with van der Waals surface area (Å²) >= 11 is 0. The number of hydrogen-bond acceptors (Lipinski definition) is 4. The maximum atomic E-state index is 5.32. The second-order valence-corrected chi connectivity index (χ2v) is 4.70. The summed E-state index contributed by atoms with van der Waals surface area (Å²) in [6, 6.07) is 10.1. The minimum absolute atomic E-state index is 0.130. The first-order valence-corrected chi connectivity index (χ1v) is 6.55. The van der Waals surface area contributed by atoms with Crippen LogP contribution in [-0.2, 0) is 0 Å². The molecule has 1 N–H and O–H groups in total. The first-order valence-electron chi connectivity index (χ1n) is 6.55. The van der Waals surface area contributed by atoms with Gasteiger partial charge in [0, 0.05) is 6.20 Å². The highest BCUT2D eigenvalue weighted by molar-refractivity contribution is 5.46. The lowest BCUT2D eigenvalue weighted by molar-refractivity contribution is 0.354. The van der Waals surface area contributed by atoms with Crippen LogP contribution < -0.4 is 14.8 Å². The predicted molar refractivity (Wildman–Crippen MR) is 80.6 cm³/mol. The van der Waals surface area contributed by atoms with E-state index in [1.807, 2.05) is 43.5 Å². The Morgan fingerprint density at radius 2 is 1.80 bits per heavy atom. The minimum Gasteiger partial charge on any atom is -0.493 e.